The Kier molecular flexibility index (Phi) is 6.63. The van der Waals surface area contributed by atoms with Gasteiger partial charge in [-0.1, -0.05) is 32.9 Å². The van der Waals surface area contributed by atoms with Gasteiger partial charge in [0.25, 0.3) is 11.8 Å². The van der Waals surface area contributed by atoms with Gasteiger partial charge in [-0.15, -0.1) is 0 Å². The lowest BCUT2D eigenvalue weighted by atomic mass is 10.0. The summed E-state index contributed by atoms with van der Waals surface area (Å²) in [5.41, 5.74) is 1.84. The third-order valence-electron chi connectivity index (χ3n) is 5.47. The lowest BCUT2D eigenvalue weighted by molar-refractivity contribution is -0.139. The fourth-order valence-electron chi connectivity index (χ4n) is 3.83. The molecule has 0 unspecified atom stereocenters. The summed E-state index contributed by atoms with van der Waals surface area (Å²) in [6.07, 6.45) is 0. The third kappa shape index (κ3) is 4.47. The van der Waals surface area contributed by atoms with Gasteiger partial charge in [0, 0.05) is 32.2 Å². The topological polar surface area (TPSA) is 53.1 Å². The van der Waals surface area contributed by atoms with Crippen LogP contribution in [0.3, 0.4) is 0 Å². The highest BCUT2D eigenvalue weighted by Crippen LogP contribution is 2.34. The fourth-order valence-corrected chi connectivity index (χ4v) is 3.83. The summed E-state index contributed by atoms with van der Waals surface area (Å²) >= 11 is 0. The van der Waals surface area contributed by atoms with Crippen molar-refractivity contribution in [2.45, 2.75) is 40.7 Å². The summed E-state index contributed by atoms with van der Waals surface area (Å²) < 4.78 is 5.77. The van der Waals surface area contributed by atoms with Gasteiger partial charge in [0.2, 0.25) is 0 Å². The number of nitrogens with zero attached hydrogens (tertiary/aromatic N) is 3. The number of likely N-dealkylation sites (N-methyl/N-ethyl adjacent to an activating group) is 1. The molecule has 0 spiro atoms. The second-order valence-corrected chi connectivity index (χ2v) is 8.45. The Labute approximate surface area is 174 Å². The number of piperazine rings is 1. The van der Waals surface area contributed by atoms with Crippen molar-refractivity contribution in [3.05, 3.63) is 35.5 Å². The van der Waals surface area contributed by atoms with Gasteiger partial charge in [0.1, 0.15) is 11.4 Å². The molecule has 1 aromatic carbocycles. The molecule has 1 saturated heterocycles. The van der Waals surface area contributed by atoms with Crippen LogP contribution in [0, 0.1) is 5.92 Å². The van der Waals surface area contributed by atoms with Crippen LogP contribution in [0.2, 0.25) is 0 Å². The lowest BCUT2D eigenvalue weighted by Gasteiger charge is -2.36. The van der Waals surface area contributed by atoms with E-state index in [-0.39, 0.29) is 17.9 Å². The molecule has 2 amide bonds. The van der Waals surface area contributed by atoms with Gasteiger partial charge in [0.15, 0.2) is 0 Å². The maximum Gasteiger partial charge on any atom is 0.278 e. The summed E-state index contributed by atoms with van der Waals surface area (Å²) in [4.78, 5) is 32.3. The van der Waals surface area contributed by atoms with Crippen LogP contribution >= 0.6 is 0 Å². The predicted octanol–water partition coefficient (Wildman–Crippen LogP) is 2.85. The first-order valence-corrected chi connectivity index (χ1v) is 10.7. The van der Waals surface area contributed by atoms with E-state index in [0.717, 1.165) is 44.0 Å². The molecule has 158 valence electrons. The predicted molar refractivity (Wildman–Crippen MR) is 114 cm³/mol. The van der Waals surface area contributed by atoms with Crippen LogP contribution in [0.25, 0.3) is 5.57 Å². The molecule has 0 aliphatic carbocycles. The van der Waals surface area contributed by atoms with E-state index in [1.54, 1.807) is 0 Å². The van der Waals surface area contributed by atoms with Gasteiger partial charge < -0.3 is 14.5 Å². The quantitative estimate of drug-likeness (QED) is 0.660. The number of amides is 2. The number of hydrogen-bond donors (Lipinski definition) is 0. The van der Waals surface area contributed by atoms with Crippen molar-refractivity contribution in [2.24, 2.45) is 5.92 Å². The summed E-state index contributed by atoms with van der Waals surface area (Å²) in [5, 5.41) is 0. The SMILES string of the molecule is CCN1CCN(C2=C(c3ccc(OCC(C)C)cc3)C(=O)N(C(C)C)C2=O)CC1. The van der Waals surface area contributed by atoms with Crippen LogP contribution in [0.5, 0.6) is 5.75 Å². The van der Waals surface area contributed by atoms with Gasteiger partial charge in [-0.2, -0.15) is 0 Å². The van der Waals surface area contributed by atoms with Crippen LogP contribution in [-0.4, -0.2) is 71.9 Å². The van der Waals surface area contributed by atoms with Crippen LogP contribution in [-0.2, 0) is 9.59 Å². The molecule has 0 saturated carbocycles. The summed E-state index contributed by atoms with van der Waals surface area (Å²) in [5.74, 6) is 0.844. The number of carbonyl (C=O) groups excluding carboxylic acids is 2. The highest BCUT2D eigenvalue weighted by atomic mass is 16.5. The minimum absolute atomic E-state index is 0.173. The van der Waals surface area contributed by atoms with Crippen molar-refractivity contribution in [3.63, 3.8) is 0 Å². The van der Waals surface area contributed by atoms with Crippen molar-refractivity contribution >= 4 is 17.4 Å². The zero-order valence-electron chi connectivity index (χ0n) is 18.3. The fraction of sp³-hybridized carbons (Fsp3) is 0.565. The Bertz CT molecular complexity index is 775. The van der Waals surface area contributed by atoms with Gasteiger partial charge in [-0.25, -0.2) is 0 Å². The van der Waals surface area contributed by atoms with Crippen molar-refractivity contribution in [3.8, 4) is 5.75 Å². The molecule has 0 bridgehead atoms. The highest BCUT2D eigenvalue weighted by Gasteiger charge is 2.43. The molecule has 1 fully saturated rings. The van der Waals surface area contributed by atoms with Gasteiger partial charge in [-0.05, 0) is 44.0 Å². The van der Waals surface area contributed by atoms with E-state index in [1.165, 1.54) is 4.90 Å². The first-order valence-electron chi connectivity index (χ1n) is 10.7. The van der Waals surface area contributed by atoms with Crippen molar-refractivity contribution in [1.29, 1.82) is 0 Å². The number of benzene rings is 1. The Morgan fingerprint density at radius 2 is 1.55 bits per heavy atom. The Balaban J connectivity index is 1.93. The average molecular weight is 400 g/mol. The zero-order valence-corrected chi connectivity index (χ0v) is 18.3. The standard InChI is InChI=1S/C23H33N3O3/c1-6-24-11-13-25(14-12-24)21-20(22(27)26(17(4)5)23(21)28)18-7-9-19(10-8-18)29-15-16(2)3/h7-10,16-17H,6,11-15H2,1-5H3. The lowest BCUT2D eigenvalue weighted by Crippen LogP contribution is -2.47. The van der Waals surface area contributed by atoms with Crippen molar-refractivity contribution < 1.29 is 14.3 Å². The largest absolute Gasteiger partial charge is 0.493 e. The monoisotopic (exact) mass is 399 g/mol. The molecule has 0 radical (unpaired) electrons. The molecule has 2 aliphatic rings. The maximum atomic E-state index is 13.2. The van der Waals surface area contributed by atoms with Crippen molar-refractivity contribution in [1.82, 2.24) is 14.7 Å². The molecule has 29 heavy (non-hydrogen) atoms. The zero-order chi connectivity index (χ0) is 21.1. The van der Waals surface area contributed by atoms with E-state index in [0.29, 0.717) is 23.8 Å². The molecule has 6 nitrogen and oxygen atoms in total. The Hall–Kier alpha value is -2.34. The summed E-state index contributed by atoms with van der Waals surface area (Å²) in [6, 6.07) is 7.37. The minimum Gasteiger partial charge on any atom is -0.493 e. The number of hydrogen-bond acceptors (Lipinski definition) is 5. The van der Waals surface area contributed by atoms with E-state index in [1.807, 2.05) is 38.1 Å². The number of rotatable bonds is 7. The first-order chi connectivity index (χ1) is 13.8. The molecular weight excluding hydrogens is 366 g/mol. The number of imide groups is 1. The molecule has 1 aromatic rings. The normalized spacial score (nSPS) is 18.6. The number of ether oxygens (including phenoxy) is 1. The smallest absolute Gasteiger partial charge is 0.278 e. The first kappa shape index (κ1) is 21.4. The summed E-state index contributed by atoms with van der Waals surface area (Å²) in [7, 11) is 0. The Morgan fingerprint density at radius 3 is 2.07 bits per heavy atom. The van der Waals surface area contributed by atoms with Gasteiger partial charge >= 0.3 is 0 Å². The van der Waals surface area contributed by atoms with Crippen LogP contribution < -0.4 is 4.74 Å². The molecular formula is C23H33N3O3. The van der Waals surface area contributed by atoms with E-state index in [9.17, 15) is 9.59 Å². The van der Waals surface area contributed by atoms with Crippen LogP contribution in [0.4, 0.5) is 0 Å². The second kappa shape index (κ2) is 8.99. The van der Waals surface area contributed by atoms with Crippen molar-refractivity contribution in [2.75, 3.05) is 39.3 Å². The average Bonchev–Trinajstić information content (AvgIpc) is 2.97. The van der Waals surface area contributed by atoms with Crippen LogP contribution in [0.15, 0.2) is 30.0 Å². The molecule has 3 rings (SSSR count). The molecule has 6 heteroatoms. The van der Waals surface area contributed by atoms with Gasteiger partial charge in [0.05, 0.1) is 12.2 Å². The minimum atomic E-state index is -0.200. The molecule has 0 atom stereocenters. The van der Waals surface area contributed by atoms with E-state index >= 15 is 0 Å². The van der Waals surface area contributed by atoms with Gasteiger partial charge in [-0.3, -0.25) is 14.5 Å². The highest BCUT2D eigenvalue weighted by molar-refractivity contribution is 6.35. The maximum absolute atomic E-state index is 13.2. The summed E-state index contributed by atoms with van der Waals surface area (Å²) in [6.45, 7) is 15.1. The molecule has 0 N–H and O–H groups in total. The molecule has 0 aromatic heterocycles. The second-order valence-electron chi connectivity index (χ2n) is 8.45. The van der Waals surface area contributed by atoms with Crippen LogP contribution in [0.1, 0.15) is 40.2 Å². The van der Waals surface area contributed by atoms with E-state index in [4.69, 9.17) is 4.74 Å². The molecule has 2 heterocycles. The Morgan fingerprint density at radius 1 is 0.931 bits per heavy atom. The third-order valence-corrected chi connectivity index (χ3v) is 5.47. The van der Waals surface area contributed by atoms with E-state index < -0.39 is 0 Å². The number of carbonyl (C=O) groups is 2. The van der Waals surface area contributed by atoms with E-state index in [2.05, 4.69) is 30.6 Å². The molecule has 2 aliphatic heterocycles.